The SMILES string of the molecule is O=C(Nc1ccc(N=Nc2ccccc2)cc1)c1ccc(S(=O)(=O)N2CCc3ccccc3C2)cc1. The van der Waals surface area contributed by atoms with Crippen molar-refractivity contribution in [3.63, 3.8) is 0 Å². The Kier molecular flexibility index (Phi) is 6.71. The molecule has 1 heterocycles. The molecular weight excluding hydrogens is 472 g/mol. The van der Waals surface area contributed by atoms with Crippen molar-refractivity contribution in [2.24, 2.45) is 10.2 Å². The number of benzene rings is 4. The lowest BCUT2D eigenvalue weighted by atomic mass is 10.0. The normalized spacial score (nSPS) is 13.9. The molecule has 0 aromatic heterocycles. The Morgan fingerprint density at radius 1 is 0.722 bits per heavy atom. The molecule has 1 aliphatic rings. The first-order valence-corrected chi connectivity index (χ1v) is 13.0. The van der Waals surface area contributed by atoms with Gasteiger partial charge in [-0.15, -0.1) is 0 Å². The van der Waals surface area contributed by atoms with Crippen LogP contribution in [0, 0.1) is 0 Å². The van der Waals surface area contributed by atoms with E-state index >= 15 is 0 Å². The molecule has 1 N–H and O–H groups in total. The van der Waals surface area contributed by atoms with Crippen LogP contribution < -0.4 is 5.32 Å². The van der Waals surface area contributed by atoms with Crippen molar-refractivity contribution in [1.29, 1.82) is 0 Å². The maximum atomic E-state index is 13.2. The third-order valence-corrected chi connectivity index (χ3v) is 7.87. The van der Waals surface area contributed by atoms with Crippen LogP contribution >= 0.6 is 0 Å². The highest BCUT2D eigenvalue weighted by atomic mass is 32.2. The van der Waals surface area contributed by atoms with E-state index in [1.807, 2.05) is 54.6 Å². The quantitative estimate of drug-likeness (QED) is 0.327. The fraction of sp³-hybridized carbons (Fsp3) is 0.107. The summed E-state index contributed by atoms with van der Waals surface area (Å²) >= 11 is 0. The Labute approximate surface area is 210 Å². The van der Waals surface area contributed by atoms with Crippen LogP contribution in [-0.4, -0.2) is 25.2 Å². The van der Waals surface area contributed by atoms with Gasteiger partial charge in [0.25, 0.3) is 5.91 Å². The first-order valence-electron chi connectivity index (χ1n) is 11.5. The van der Waals surface area contributed by atoms with Crippen molar-refractivity contribution in [2.45, 2.75) is 17.9 Å². The molecular formula is C28H24N4O3S. The maximum absolute atomic E-state index is 13.2. The van der Waals surface area contributed by atoms with E-state index < -0.39 is 10.0 Å². The summed E-state index contributed by atoms with van der Waals surface area (Å²) in [6.07, 6.45) is 0.683. The Hall–Kier alpha value is -4.14. The van der Waals surface area contributed by atoms with Crippen LogP contribution in [-0.2, 0) is 23.0 Å². The van der Waals surface area contributed by atoms with Crippen LogP contribution in [0.1, 0.15) is 21.5 Å². The molecule has 4 aromatic carbocycles. The van der Waals surface area contributed by atoms with Gasteiger partial charge in [-0.25, -0.2) is 8.42 Å². The highest BCUT2D eigenvalue weighted by Gasteiger charge is 2.28. The average Bonchev–Trinajstić information content (AvgIpc) is 2.93. The van der Waals surface area contributed by atoms with Gasteiger partial charge in [0, 0.05) is 24.3 Å². The second-order valence-corrected chi connectivity index (χ2v) is 10.4. The fourth-order valence-corrected chi connectivity index (χ4v) is 5.45. The lowest BCUT2D eigenvalue weighted by Gasteiger charge is -2.28. The summed E-state index contributed by atoms with van der Waals surface area (Å²) in [5.41, 5.74) is 4.59. The zero-order valence-electron chi connectivity index (χ0n) is 19.4. The highest BCUT2D eigenvalue weighted by molar-refractivity contribution is 7.89. The van der Waals surface area contributed by atoms with Gasteiger partial charge in [0.05, 0.1) is 16.3 Å². The highest BCUT2D eigenvalue weighted by Crippen LogP contribution is 2.25. The summed E-state index contributed by atoms with van der Waals surface area (Å²) in [7, 11) is -3.65. The van der Waals surface area contributed by atoms with E-state index in [-0.39, 0.29) is 10.8 Å². The lowest BCUT2D eigenvalue weighted by Crippen LogP contribution is -2.35. The van der Waals surface area contributed by atoms with Gasteiger partial charge in [-0.2, -0.15) is 14.5 Å². The summed E-state index contributed by atoms with van der Waals surface area (Å²) in [4.78, 5) is 12.9. The maximum Gasteiger partial charge on any atom is 0.255 e. The third-order valence-electron chi connectivity index (χ3n) is 6.01. The molecule has 0 spiro atoms. The van der Waals surface area contributed by atoms with Gasteiger partial charge in [0.2, 0.25) is 10.0 Å². The van der Waals surface area contributed by atoms with E-state index in [2.05, 4.69) is 15.5 Å². The van der Waals surface area contributed by atoms with E-state index in [9.17, 15) is 13.2 Å². The summed E-state index contributed by atoms with van der Waals surface area (Å²) < 4.78 is 27.8. The molecule has 8 heteroatoms. The fourth-order valence-electron chi connectivity index (χ4n) is 4.03. The van der Waals surface area contributed by atoms with Crippen LogP contribution in [0.4, 0.5) is 17.1 Å². The van der Waals surface area contributed by atoms with E-state index in [0.29, 0.717) is 36.4 Å². The molecule has 0 saturated carbocycles. The molecule has 4 aromatic rings. The smallest absolute Gasteiger partial charge is 0.255 e. The minimum Gasteiger partial charge on any atom is -0.322 e. The number of hydrogen-bond acceptors (Lipinski definition) is 5. The molecule has 0 atom stereocenters. The number of hydrogen-bond donors (Lipinski definition) is 1. The number of carbonyl (C=O) groups is 1. The molecule has 0 saturated heterocycles. The van der Waals surface area contributed by atoms with Crippen molar-refractivity contribution in [3.8, 4) is 0 Å². The molecule has 0 aliphatic carbocycles. The number of nitrogens with one attached hydrogen (secondary N) is 1. The van der Waals surface area contributed by atoms with Crippen molar-refractivity contribution >= 4 is 33.0 Å². The minimum atomic E-state index is -3.65. The lowest BCUT2D eigenvalue weighted by molar-refractivity contribution is 0.102. The standard InChI is InChI=1S/C28H24N4O3S/c33-28(29-24-12-14-26(15-13-24)31-30-25-8-2-1-3-9-25)22-10-16-27(17-11-22)36(34,35)32-19-18-21-6-4-5-7-23(21)20-32/h1-17H,18-20H2,(H,29,33). The summed E-state index contributed by atoms with van der Waals surface area (Å²) in [6, 6.07) is 30.3. The van der Waals surface area contributed by atoms with Gasteiger partial charge < -0.3 is 5.32 Å². The molecule has 7 nitrogen and oxygen atoms in total. The number of anilines is 1. The Balaban J connectivity index is 1.23. The Bertz CT molecular complexity index is 1500. The predicted molar refractivity (Wildman–Crippen MR) is 139 cm³/mol. The first kappa shape index (κ1) is 23.6. The van der Waals surface area contributed by atoms with Crippen LogP contribution in [0.15, 0.2) is 118 Å². The Morgan fingerprint density at radius 3 is 2.03 bits per heavy atom. The van der Waals surface area contributed by atoms with Gasteiger partial charge >= 0.3 is 0 Å². The summed E-state index contributed by atoms with van der Waals surface area (Å²) in [6.45, 7) is 0.782. The Morgan fingerprint density at radius 2 is 1.33 bits per heavy atom. The second kappa shape index (κ2) is 10.2. The largest absolute Gasteiger partial charge is 0.322 e. The second-order valence-electron chi connectivity index (χ2n) is 8.42. The van der Waals surface area contributed by atoms with Gasteiger partial charge in [0.15, 0.2) is 0 Å². The van der Waals surface area contributed by atoms with Gasteiger partial charge in [0.1, 0.15) is 0 Å². The first-order chi connectivity index (χ1) is 17.5. The molecule has 0 bridgehead atoms. The van der Waals surface area contributed by atoms with E-state index in [0.717, 1.165) is 11.3 Å². The van der Waals surface area contributed by atoms with Crippen molar-refractivity contribution in [2.75, 3.05) is 11.9 Å². The topological polar surface area (TPSA) is 91.2 Å². The molecule has 0 fully saturated rings. The average molecular weight is 497 g/mol. The van der Waals surface area contributed by atoms with Crippen molar-refractivity contribution in [1.82, 2.24) is 4.31 Å². The zero-order chi connectivity index (χ0) is 25.0. The number of amides is 1. The van der Waals surface area contributed by atoms with Crippen molar-refractivity contribution in [3.05, 3.63) is 120 Å². The van der Waals surface area contributed by atoms with Crippen molar-refractivity contribution < 1.29 is 13.2 Å². The van der Waals surface area contributed by atoms with Crippen LogP contribution in [0.2, 0.25) is 0 Å². The minimum absolute atomic E-state index is 0.173. The molecule has 1 amide bonds. The summed E-state index contributed by atoms with van der Waals surface area (Å²) in [5.74, 6) is -0.329. The summed E-state index contributed by atoms with van der Waals surface area (Å²) in [5, 5.41) is 11.2. The van der Waals surface area contributed by atoms with Crippen LogP contribution in [0.25, 0.3) is 0 Å². The van der Waals surface area contributed by atoms with Crippen LogP contribution in [0.5, 0.6) is 0 Å². The third kappa shape index (κ3) is 5.25. The van der Waals surface area contributed by atoms with Gasteiger partial charge in [-0.1, -0.05) is 42.5 Å². The molecule has 36 heavy (non-hydrogen) atoms. The van der Waals surface area contributed by atoms with E-state index in [4.69, 9.17) is 0 Å². The molecule has 1 aliphatic heterocycles. The molecule has 0 radical (unpaired) electrons. The number of fused-ring (bicyclic) bond motifs is 1. The van der Waals surface area contributed by atoms with Crippen LogP contribution in [0.3, 0.4) is 0 Å². The number of carbonyl (C=O) groups excluding carboxylic acids is 1. The van der Waals surface area contributed by atoms with E-state index in [1.54, 1.807) is 24.3 Å². The number of nitrogens with zero attached hydrogens (tertiary/aromatic N) is 3. The number of rotatable bonds is 6. The molecule has 0 unspecified atom stereocenters. The number of azo groups is 1. The van der Waals surface area contributed by atoms with Gasteiger partial charge in [-0.05, 0) is 78.2 Å². The monoisotopic (exact) mass is 496 g/mol. The van der Waals surface area contributed by atoms with E-state index in [1.165, 1.54) is 34.1 Å². The molecule has 180 valence electrons. The zero-order valence-corrected chi connectivity index (χ0v) is 20.2. The molecule has 5 rings (SSSR count). The number of sulfonamides is 1. The van der Waals surface area contributed by atoms with Gasteiger partial charge in [-0.3, -0.25) is 4.79 Å². The predicted octanol–water partition coefficient (Wildman–Crippen LogP) is 6.10.